The summed E-state index contributed by atoms with van der Waals surface area (Å²) >= 11 is 0. The monoisotopic (exact) mass is 214 g/mol. The van der Waals surface area contributed by atoms with Crippen LogP contribution in [0.2, 0.25) is 0 Å². The average Bonchev–Trinajstić information content (AvgIpc) is 2.76. The Morgan fingerprint density at radius 1 is 1.25 bits per heavy atom. The normalized spacial score (nSPS) is 10.8. The van der Waals surface area contributed by atoms with Gasteiger partial charge in [0.2, 0.25) is 5.89 Å². The largest absolute Gasteiger partial charge is 0.444 e. The maximum Gasteiger partial charge on any atom is 0.270 e. The standard InChI is InChI=1S/C12H10N2O2/c13-12(15)10-8-16-11(14-10)7-6-9-4-2-1-3-5-9/h1-8H,(H2,13,15)/b7-6+. The van der Waals surface area contributed by atoms with E-state index >= 15 is 0 Å². The highest BCUT2D eigenvalue weighted by molar-refractivity contribution is 5.90. The van der Waals surface area contributed by atoms with Crippen molar-refractivity contribution in [3.63, 3.8) is 0 Å². The molecule has 0 unspecified atom stereocenters. The van der Waals surface area contributed by atoms with Crippen molar-refractivity contribution in [2.75, 3.05) is 0 Å². The molecule has 2 aromatic rings. The predicted octanol–water partition coefficient (Wildman–Crippen LogP) is 1.94. The SMILES string of the molecule is NC(=O)c1coc(/C=C/c2ccccc2)n1. The van der Waals surface area contributed by atoms with E-state index in [2.05, 4.69) is 4.98 Å². The third kappa shape index (κ3) is 2.36. The number of rotatable bonds is 3. The van der Waals surface area contributed by atoms with E-state index in [0.29, 0.717) is 5.89 Å². The summed E-state index contributed by atoms with van der Waals surface area (Å²) in [5, 5.41) is 0. The molecule has 0 spiro atoms. The maximum atomic E-state index is 10.8. The molecule has 1 amide bonds. The Morgan fingerprint density at radius 2 is 2.00 bits per heavy atom. The third-order valence-corrected chi connectivity index (χ3v) is 1.99. The van der Waals surface area contributed by atoms with Crippen molar-refractivity contribution < 1.29 is 9.21 Å². The Balaban J connectivity index is 2.15. The minimum absolute atomic E-state index is 0.132. The molecule has 0 saturated carbocycles. The molecule has 0 aliphatic carbocycles. The van der Waals surface area contributed by atoms with Crippen molar-refractivity contribution in [3.8, 4) is 0 Å². The minimum atomic E-state index is -0.594. The average molecular weight is 214 g/mol. The molecule has 1 aromatic carbocycles. The fraction of sp³-hybridized carbons (Fsp3) is 0. The van der Waals surface area contributed by atoms with E-state index in [1.54, 1.807) is 6.08 Å². The molecule has 0 atom stereocenters. The van der Waals surface area contributed by atoms with Gasteiger partial charge in [-0.25, -0.2) is 4.98 Å². The van der Waals surface area contributed by atoms with Crippen molar-refractivity contribution >= 4 is 18.1 Å². The van der Waals surface area contributed by atoms with Gasteiger partial charge in [-0.3, -0.25) is 4.79 Å². The van der Waals surface area contributed by atoms with E-state index in [-0.39, 0.29) is 5.69 Å². The zero-order valence-electron chi connectivity index (χ0n) is 8.46. The van der Waals surface area contributed by atoms with Crippen molar-refractivity contribution in [2.45, 2.75) is 0 Å². The lowest BCUT2D eigenvalue weighted by Crippen LogP contribution is -2.10. The molecule has 1 heterocycles. The number of carbonyl (C=O) groups is 1. The Bertz CT molecular complexity index is 515. The number of hydrogen-bond acceptors (Lipinski definition) is 3. The van der Waals surface area contributed by atoms with Crippen LogP contribution in [0.15, 0.2) is 41.0 Å². The van der Waals surface area contributed by atoms with Crippen LogP contribution in [-0.4, -0.2) is 10.9 Å². The summed E-state index contributed by atoms with van der Waals surface area (Å²) in [5.74, 6) is -0.235. The number of carbonyl (C=O) groups excluding carboxylic acids is 1. The number of aromatic nitrogens is 1. The fourth-order valence-corrected chi connectivity index (χ4v) is 1.21. The molecule has 0 aliphatic rings. The maximum absolute atomic E-state index is 10.8. The Kier molecular flexibility index (Phi) is 2.82. The molecule has 0 aliphatic heterocycles. The van der Waals surface area contributed by atoms with Crippen molar-refractivity contribution in [2.24, 2.45) is 5.73 Å². The van der Waals surface area contributed by atoms with Gasteiger partial charge in [0.15, 0.2) is 5.69 Å². The molecule has 4 nitrogen and oxygen atoms in total. The van der Waals surface area contributed by atoms with Gasteiger partial charge in [-0.05, 0) is 11.6 Å². The first kappa shape index (κ1) is 10.2. The topological polar surface area (TPSA) is 69.1 Å². The van der Waals surface area contributed by atoms with Gasteiger partial charge in [0.05, 0.1) is 0 Å². The first-order valence-corrected chi connectivity index (χ1v) is 4.74. The summed E-state index contributed by atoms with van der Waals surface area (Å²) < 4.78 is 5.05. The number of nitrogens with two attached hydrogens (primary N) is 1. The number of hydrogen-bond donors (Lipinski definition) is 1. The van der Waals surface area contributed by atoms with Gasteiger partial charge in [0.25, 0.3) is 5.91 Å². The Labute approximate surface area is 92.4 Å². The van der Waals surface area contributed by atoms with Crippen LogP contribution in [-0.2, 0) is 0 Å². The van der Waals surface area contributed by atoms with Crippen LogP contribution in [0, 0.1) is 0 Å². The van der Waals surface area contributed by atoms with Crippen LogP contribution in [0.4, 0.5) is 0 Å². The first-order valence-electron chi connectivity index (χ1n) is 4.74. The molecule has 0 radical (unpaired) electrons. The minimum Gasteiger partial charge on any atom is -0.444 e. The molecule has 0 saturated heterocycles. The number of nitrogens with zero attached hydrogens (tertiary/aromatic N) is 1. The second-order valence-electron chi connectivity index (χ2n) is 3.18. The van der Waals surface area contributed by atoms with E-state index in [9.17, 15) is 4.79 Å². The lowest BCUT2D eigenvalue weighted by Gasteiger charge is -1.88. The van der Waals surface area contributed by atoms with Gasteiger partial charge in [0.1, 0.15) is 6.26 Å². The van der Waals surface area contributed by atoms with Crippen LogP contribution in [0.5, 0.6) is 0 Å². The summed E-state index contributed by atoms with van der Waals surface area (Å²) in [4.78, 5) is 14.7. The molecule has 0 fully saturated rings. The third-order valence-electron chi connectivity index (χ3n) is 1.99. The highest BCUT2D eigenvalue weighted by Crippen LogP contribution is 2.07. The summed E-state index contributed by atoms with van der Waals surface area (Å²) in [7, 11) is 0. The van der Waals surface area contributed by atoms with Crippen molar-refractivity contribution in [1.29, 1.82) is 0 Å². The van der Waals surface area contributed by atoms with Crippen LogP contribution in [0.1, 0.15) is 21.9 Å². The van der Waals surface area contributed by atoms with E-state index in [4.69, 9.17) is 10.2 Å². The number of benzene rings is 1. The summed E-state index contributed by atoms with van der Waals surface area (Å²) in [6, 6.07) is 9.71. The highest BCUT2D eigenvalue weighted by Gasteiger charge is 2.05. The molecule has 80 valence electrons. The quantitative estimate of drug-likeness (QED) is 0.848. The summed E-state index contributed by atoms with van der Waals surface area (Å²) in [6.45, 7) is 0. The first-order chi connectivity index (χ1) is 7.75. The molecule has 2 N–H and O–H groups in total. The Hall–Kier alpha value is -2.36. The number of primary amides is 1. The molecule has 16 heavy (non-hydrogen) atoms. The highest BCUT2D eigenvalue weighted by atomic mass is 16.3. The van der Waals surface area contributed by atoms with Gasteiger partial charge in [0, 0.05) is 6.08 Å². The molecule has 1 aromatic heterocycles. The molecule has 2 rings (SSSR count). The molecule has 4 heteroatoms. The van der Waals surface area contributed by atoms with E-state index in [1.165, 1.54) is 6.26 Å². The predicted molar refractivity (Wildman–Crippen MR) is 60.4 cm³/mol. The van der Waals surface area contributed by atoms with Crippen LogP contribution < -0.4 is 5.73 Å². The lowest BCUT2D eigenvalue weighted by molar-refractivity contribution is 0.0995. The van der Waals surface area contributed by atoms with Crippen LogP contribution >= 0.6 is 0 Å². The van der Waals surface area contributed by atoms with E-state index in [0.717, 1.165) is 5.56 Å². The zero-order valence-corrected chi connectivity index (χ0v) is 8.46. The van der Waals surface area contributed by atoms with Gasteiger partial charge >= 0.3 is 0 Å². The van der Waals surface area contributed by atoms with E-state index < -0.39 is 5.91 Å². The number of oxazole rings is 1. The molecule has 0 bridgehead atoms. The fourth-order valence-electron chi connectivity index (χ4n) is 1.21. The van der Waals surface area contributed by atoms with Crippen LogP contribution in [0.3, 0.4) is 0 Å². The second kappa shape index (κ2) is 4.44. The van der Waals surface area contributed by atoms with Gasteiger partial charge < -0.3 is 10.2 Å². The lowest BCUT2D eigenvalue weighted by atomic mass is 10.2. The van der Waals surface area contributed by atoms with Crippen molar-refractivity contribution in [3.05, 3.63) is 53.7 Å². The molecular weight excluding hydrogens is 204 g/mol. The second-order valence-corrected chi connectivity index (χ2v) is 3.18. The zero-order chi connectivity index (χ0) is 11.4. The van der Waals surface area contributed by atoms with Crippen LogP contribution in [0.25, 0.3) is 12.2 Å². The van der Waals surface area contributed by atoms with Crippen molar-refractivity contribution in [1.82, 2.24) is 4.98 Å². The summed E-state index contributed by atoms with van der Waals surface area (Å²) in [5.41, 5.74) is 6.21. The van der Waals surface area contributed by atoms with E-state index in [1.807, 2.05) is 36.4 Å². The van der Waals surface area contributed by atoms with Gasteiger partial charge in [-0.2, -0.15) is 0 Å². The Morgan fingerprint density at radius 3 is 2.62 bits per heavy atom. The molecular formula is C12H10N2O2. The number of amides is 1. The smallest absolute Gasteiger partial charge is 0.270 e. The van der Waals surface area contributed by atoms with Gasteiger partial charge in [-0.15, -0.1) is 0 Å². The van der Waals surface area contributed by atoms with Gasteiger partial charge in [-0.1, -0.05) is 30.3 Å². The summed E-state index contributed by atoms with van der Waals surface area (Å²) in [6.07, 6.45) is 4.77.